The number of imidazole rings is 1. The van der Waals surface area contributed by atoms with E-state index in [0.29, 0.717) is 5.02 Å². The zero-order valence-corrected chi connectivity index (χ0v) is 15.7. The van der Waals surface area contributed by atoms with Crippen LogP contribution in [0.3, 0.4) is 0 Å². The molecule has 136 valence electrons. The van der Waals surface area contributed by atoms with Gasteiger partial charge in [-0.25, -0.2) is 4.98 Å². The van der Waals surface area contributed by atoms with Gasteiger partial charge in [0.05, 0.1) is 16.7 Å². The molecule has 3 aromatic carbocycles. The molecule has 5 nitrogen and oxygen atoms in total. The number of benzene rings is 3. The fourth-order valence-corrected chi connectivity index (χ4v) is 4.65. The highest BCUT2D eigenvalue weighted by Crippen LogP contribution is 2.50. The van der Waals surface area contributed by atoms with Crippen molar-refractivity contribution in [2.75, 3.05) is 17.3 Å². The van der Waals surface area contributed by atoms with Gasteiger partial charge in [0.25, 0.3) is 5.91 Å². The Morgan fingerprint density at radius 1 is 1.04 bits per heavy atom. The number of likely N-dealkylation sites (N-methyl/N-ethyl adjacent to an activating group) is 1. The van der Waals surface area contributed by atoms with E-state index in [4.69, 9.17) is 16.6 Å². The second kappa shape index (κ2) is 5.14. The van der Waals surface area contributed by atoms with E-state index in [1.54, 1.807) is 11.9 Å². The smallest absolute Gasteiger partial charge is 0.278 e. The van der Waals surface area contributed by atoms with Crippen molar-refractivity contribution in [2.45, 2.75) is 5.66 Å². The van der Waals surface area contributed by atoms with Crippen LogP contribution in [0.5, 0.6) is 0 Å². The molecule has 2 aliphatic rings. The fraction of sp³-hybridized carbons (Fsp3) is 0.0909. The van der Waals surface area contributed by atoms with Gasteiger partial charge in [0.1, 0.15) is 5.82 Å². The lowest BCUT2D eigenvalue weighted by atomic mass is 9.95. The Hall–Kier alpha value is -3.31. The van der Waals surface area contributed by atoms with Gasteiger partial charge in [-0.2, -0.15) is 0 Å². The van der Waals surface area contributed by atoms with Crippen molar-refractivity contribution >= 4 is 39.9 Å². The molecule has 2 aliphatic heterocycles. The van der Waals surface area contributed by atoms with Crippen LogP contribution in [-0.4, -0.2) is 22.5 Å². The minimum Gasteiger partial charge on any atom is -0.350 e. The van der Waals surface area contributed by atoms with Crippen molar-refractivity contribution in [2.24, 2.45) is 0 Å². The predicted molar refractivity (Wildman–Crippen MR) is 111 cm³/mol. The van der Waals surface area contributed by atoms with E-state index < -0.39 is 5.66 Å². The van der Waals surface area contributed by atoms with Crippen molar-refractivity contribution in [3.8, 4) is 11.4 Å². The van der Waals surface area contributed by atoms with Gasteiger partial charge in [-0.05, 0) is 42.5 Å². The minimum absolute atomic E-state index is 0.0660. The number of rotatable bonds is 0. The molecule has 0 saturated heterocycles. The average Bonchev–Trinajstić information content (AvgIpc) is 3.20. The summed E-state index contributed by atoms with van der Waals surface area (Å²) >= 11 is 6.36. The van der Waals surface area contributed by atoms with Gasteiger partial charge in [-0.15, -0.1) is 0 Å². The third kappa shape index (κ3) is 1.72. The molecule has 0 aliphatic carbocycles. The zero-order valence-electron chi connectivity index (χ0n) is 15.0. The number of hydrogen-bond acceptors (Lipinski definition) is 3. The second-order valence-corrected chi connectivity index (χ2v) is 7.60. The van der Waals surface area contributed by atoms with Gasteiger partial charge >= 0.3 is 0 Å². The molecule has 1 amide bonds. The third-order valence-electron chi connectivity index (χ3n) is 5.70. The SMILES string of the molecule is CN1C(=O)C2(Nc3ccccc3-c3nc4ccccc4n32)c2cc(Cl)ccc21. The van der Waals surface area contributed by atoms with Crippen LogP contribution in [-0.2, 0) is 10.5 Å². The molecule has 0 fully saturated rings. The molecule has 0 radical (unpaired) electrons. The Balaban J connectivity index is 1.81. The lowest BCUT2D eigenvalue weighted by Crippen LogP contribution is -2.52. The summed E-state index contributed by atoms with van der Waals surface area (Å²) in [6, 6.07) is 21.4. The number of nitrogens with one attached hydrogen (secondary N) is 1. The van der Waals surface area contributed by atoms with E-state index in [9.17, 15) is 4.79 Å². The quantitative estimate of drug-likeness (QED) is 0.485. The fourth-order valence-electron chi connectivity index (χ4n) is 4.48. The number of hydrogen-bond donors (Lipinski definition) is 1. The molecular formula is C22H15ClN4O. The van der Waals surface area contributed by atoms with Crippen LogP contribution in [0.25, 0.3) is 22.4 Å². The van der Waals surface area contributed by atoms with Crippen molar-refractivity contribution in [1.82, 2.24) is 9.55 Å². The number of nitrogens with zero attached hydrogens (tertiary/aromatic N) is 3. The average molecular weight is 387 g/mol. The van der Waals surface area contributed by atoms with Crippen LogP contribution in [0.2, 0.25) is 5.02 Å². The topological polar surface area (TPSA) is 50.2 Å². The summed E-state index contributed by atoms with van der Waals surface area (Å²) < 4.78 is 2.02. The Morgan fingerprint density at radius 3 is 2.71 bits per heavy atom. The number of fused-ring (bicyclic) bond motifs is 8. The maximum absolute atomic E-state index is 13.7. The van der Waals surface area contributed by atoms with Gasteiger partial charge in [0.15, 0.2) is 0 Å². The summed E-state index contributed by atoms with van der Waals surface area (Å²) in [5.41, 5.74) is 4.12. The Morgan fingerprint density at radius 2 is 1.82 bits per heavy atom. The van der Waals surface area contributed by atoms with Gasteiger partial charge in [0.2, 0.25) is 5.66 Å². The Bertz CT molecular complexity index is 1310. The van der Waals surface area contributed by atoms with Crippen LogP contribution in [0, 0.1) is 0 Å². The normalized spacial score (nSPS) is 19.5. The monoisotopic (exact) mass is 386 g/mol. The molecule has 1 spiro atoms. The lowest BCUT2D eigenvalue weighted by Gasteiger charge is -2.38. The van der Waals surface area contributed by atoms with E-state index in [-0.39, 0.29) is 5.91 Å². The van der Waals surface area contributed by atoms with E-state index >= 15 is 0 Å². The van der Waals surface area contributed by atoms with Crippen LogP contribution >= 0.6 is 11.6 Å². The van der Waals surface area contributed by atoms with E-state index in [2.05, 4.69) is 5.32 Å². The van der Waals surface area contributed by atoms with Crippen molar-refractivity contribution < 1.29 is 4.79 Å². The van der Waals surface area contributed by atoms with Crippen LogP contribution < -0.4 is 10.2 Å². The maximum Gasteiger partial charge on any atom is 0.278 e. The predicted octanol–water partition coefficient (Wildman–Crippen LogP) is 4.46. The van der Waals surface area contributed by atoms with Gasteiger partial charge in [-0.1, -0.05) is 35.9 Å². The van der Waals surface area contributed by atoms with E-state index in [0.717, 1.165) is 39.4 Å². The summed E-state index contributed by atoms with van der Waals surface area (Å²) in [7, 11) is 1.80. The molecule has 1 aromatic heterocycles. The lowest BCUT2D eigenvalue weighted by molar-refractivity contribution is -0.122. The zero-order chi connectivity index (χ0) is 19.0. The number of aromatic nitrogens is 2. The number of para-hydroxylation sites is 3. The highest BCUT2D eigenvalue weighted by molar-refractivity contribution is 6.31. The molecule has 1 N–H and O–H groups in total. The molecule has 0 saturated carbocycles. The van der Waals surface area contributed by atoms with Gasteiger partial charge in [-0.3, -0.25) is 9.36 Å². The van der Waals surface area contributed by atoms with Gasteiger partial charge < -0.3 is 10.2 Å². The van der Waals surface area contributed by atoms with Crippen LogP contribution in [0.15, 0.2) is 66.7 Å². The third-order valence-corrected chi connectivity index (χ3v) is 5.94. The van der Waals surface area contributed by atoms with Crippen molar-refractivity contribution in [1.29, 1.82) is 0 Å². The first-order valence-corrected chi connectivity index (χ1v) is 9.43. The number of amides is 1. The first-order chi connectivity index (χ1) is 13.6. The molecule has 1 atom stereocenters. The summed E-state index contributed by atoms with van der Waals surface area (Å²) in [5.74, 6) is 0.703. The Labute approximate surface area is 166 Å². The largest absolute Gasteiger partial charge is 0.350 e. The molecule has 4 aromatic rings. The molecule has 3 heterocycles. The first-order valence-electron chi connectivity index (χ1n) is 9.05. The molecule has 28 heavy (non-hydrogen) atoms. The highest BCUT2D eigenvalue weighted by Gasteiger charge is 2.55. The maximum atomic E-state index is 13.7. The minimum atomic E-state index is -1.13. The number of anilines is 2. The summed E-state index contributed by atoms with van der Waals surface area (Å²) in [4.78, 5) is 20.3. The van der Waals surface area contributed by atoms with Gasteiger partial charge in [0, 0.05) is 28.9 Å². The van der Waals surface area contributed by atoms with Crippen molar-refractivity contribution in [3.05, 3.63) is 77.3 Å². The molecular weight excluding hydrogens is 372 g/mol. The van der Waals surface area contributed by atoms with Crippen molar-refractivity contribution in [3.63, 3.8) is 0 Å². The summed E-state index contributed by atoms with van der Waals surface area (Å²) in [6.45, 7) is 0. The second-order valence-electron chi connectivity index (χ2n) is 7.17. The molecule has 6 rings (SSSR count). The number of halogens is 1. The summed E-state index contributed by atoms with van der Waals surface area (Å²) in [5, 5.41) is 4.13. The van der Waals surface area contributed by atoms with E-state index in [1.807, 2.05) is 71.3 Å². The Kier molecular flexibility index (Phi) is 2.89. The standard InChI is InChI=1S/C22H15ClN4O/c1-26-18-11-10-13(23)12-15(18)22(21(26)28)25-16-7-3-2-6-14(16)20-24-17-8-4-5-9-19(17)27(20)22/h2-12,25H,1H3. The number of carbonyl (C=O) groups is 1. The highest BCUT2D eigenvalue weighted by atomic mass is 35.5. The van der Waals surface area contributed by atoms with Crippen LogP contribution in [0.1, 0.15) is 5.56 Å². The van der Waals surface area contributed by atoms with E-state index in [1.165, 1.54) is 0 Å². The first kappa shape index (κ1) is 15.7. The molecule has 6 heteroatoms. The molecule has 0 bridgehead atoms. The number of carbonyl (C=O) groups excluding carboxylic acids is 1. The summed E-state index contributed by atoms with van der Waals surface area (Å²) in [6.07, 6.45) is 0. The molecule has 1 unspecified atom stereocenters. The van der Waals surface area contributed by atoms with Crippen LogP contribution in [0.4, 0.5) is 11.4 Å².